The fourth-order valence-electron chi connectivity index (χ4n) is 0.985. The van der Waals surface area contributed by atoms with Gasteiger partial charge in [-0.05, 0) is 13.0 Å². The topological polar surface area (TPSA) is 64.9 Å². The van der Waals surface area contributed by atoms with Gasteiger partial charge in [0.25, 0.3) is 0 Å². The number of thioether (sulfide) groups is 1. The Bertz CT molecular complexity index is 383. The summed E-state index contributed by atoms with van der Waals surface area (Å²) in [5.74, 6) is 1.67. The highest BCUT2D eigenvalue weighted by molar-refractivity contribution is 7.98. The molecule has 0 aliphatic carbocycles. The molecule has 74 valence electrons. The molecule has 0 aliphatic rings. The van der Waals surface area contributed by atoms with Gasteiger partial charge in [-0.3, -0.25) is 0 Å². The molecule has 0 unspecified atom stereocenters. The van der Waals surface area contributed by atoms with E-state index in [4.69, 9.17) is 10.2 Å². The summed E-state index contributed by atoms with van der Waals surface area (Å²) in [5.41, 5.74) is 6.52. The third-order valence-electron chi connectivity index (χ3n) is 1.76. The van der Waals surface area contributed by atoms with Crippen LogP contribution >= 0.6 is 23.3 Å². The molecular weight excluding hydrogens is 218 g/mol. The second kappa shape index (κ2) is 4.02. The zero-order valence-electron chi connectivity index (χ0n) is 7.56. The number of nitrogens with zero attached hydrogens (tertiary/aromatic N) is 2. The fourth-order valence-corrected chi connectivity index (χ4v) is 2.43. The quantitative estimate of drug-likeness (QED) is 0.815. The van der Waals surface area contributed by atoms with E-state index in [0.29, 0.717) is 5.00 Å². The van der Waals surface area contributed by atoms with E-state index < -0.39 is 0 Å². The molecule has 2 N–H and O–H groups in total. The van der Waals surface area contributed by atoms with Crippen molar-refractivity contribution in [1.82, 2.24) is 9.59 Å². The Hall–Kier alpha value is -1.01. The van der Waals surface area contributed by atoms with Crippen molar-refractivity contribution in [3.05, 3.63) is 23.8 Å². The second-order valence-electron chi connectivity index (χ2n) is 2.71. The first-order chi connectivity index (χ1) is 6.77. The number of nitrogens with two attached hydrogens (primary N) is 1. The third-order valence-corrected chi connectivity index (χ3v) is 3.51. The molecule has 2 aromatic rings. The molecule has 14 heavy (non-hydrogen) atoms. The van der Waals surface area contributed by atoms with Gasteiger partial charge in [0.05, 0.1) is 6.26 Å². The van der Waals surface area contributed by atoms with Crippen LogP contribution in [0.1, 0.15) is 11.5 Å². The van der Waals surface area contributed by atoms with Crippen LogP contribution < -0.4 is 5.73 Å². The lowest BCUT2D eigenvalue weighted by atomic mass is 10.5. The Morgan fingerprint density at radius 3 is 3.07 bits per heavy atom. The summed E-state index contributed by atoms with van der Waals surface area (Å²) >= 11 is 2.88. The number of hydrogen-bond acceptors (Lipinski definition) is 6. The van der Waals surface area contributed by atoms with Crippen LogP contribution in [0.25, 0.3) is 0 Å². The minimum absolute atomic E-state index is 0.693. The summed E-state index contributed by atoms with van der Waals surface area (Å²) in [6.07, 6.45) is 1.68. The molecule has 2 rings (SSSR count). The molecule has 0 saturated carbocycles. The van der Waals surface area contributed by atoms with Crippen LogP contribution in [0.3, 0.4) is 0 Å². The van der Waals surface area contributed by atoms with E-state index in [-0.39, 0.29) is 0 Å². The number of hydrogen-bond donors (Lipinski definition) is 1. The largest absolute Gasteiger partial charge is 0.468 e. The van der Waals surface area contributed by atoms with Gasteiger partial charge in [-0.25, -0.2) is 0 Å². The molecule has 0 amide bonds. The summed E-state index contributed by atoms with van der Waals surface area (Å²) in [7, 11) is 0. The summed E-state index contributed by atoms with van der Waals surface area (Å²) in [6.45, 7) is 1.94. The molecule has 0 aromatic carbocycles. The lowest BCUT2D eigenvalue weighted by Crippen LogP contribution is -1.88. The van der Waals surface area contributed by atoms with Crippen molar-refractivity contribution < 1.29 is 4.42 Å². The molecule has 0 fully saturated rings. The van der Waals surface area contributed by atoms with Crippen molar-refractivity contribution in [2.75, 3.05) is 5.73 Å². The van der Waals surface area contributed by atoms with E-state index in [1.54, 1.807) is 18.0 Å². The maximum Gasteiger partial charge on any atom is 0.131 e. The van der Waals surface area contributed by atoms with Gasteiger partial charge in [-0.15, -0.1) is 16.9 Å². The van der Waals surface area contributed by atoms with Crippen molar-refractivity contribution in [3.63, 3.8) is 0 Å². The lowest BCUT2D eigenvalue weighted by Gasteiger charge is -1.96. The van der Waals surface area contributed by atoms with E-state index in [9.17, 15) is 0 Å². The van der Waals surface area contributed by atoms with E-state index in [0.717, 1.165) is 22.1 Å². The van der Waals surface area contributed by atoms with Gasteiger partial charge in [-0.1, -0.05) is 4.49 Å². The average Bonchev–Trinajstić information content (AvgIpc) is 2.72. The van der Waals surface area contributed by atoms with E-state index in [2.05, 4.69) is 9.59 Å². The zero-order valence-corrected chi connectivity index (χ0v) is 9.19. The Morgan fingerprint density at radius 2 is 2.50 bits per heavy atom. The highest BCUT2D eigenvalue weighted by atomic mass is 32.2. The van der Waals surface area contributed by atoms with Gasteiger partial charge < -0.3 is 10.2 Å². The molecule has 0 aliphatic heterocycles. The SMILES string of the molecule is Cc1occc1SCc1nnsc1N. The number of furan rings is 1. The summed E-state index contributed by atoms with van der Waals surface area (Å²) in [4.78, 5) is 1.12. The predicted molar refractivity (Wildman–Crippen MR) is 57.3 cm³/mol. The van der Waals surface area contributed by atoms with Crippen LogP contribution in [-0.4, -0.2) is 9.59 Å². The summed E-state index contributed by atoms with van der Waals surface area (Å²) < 4.78 is 8.95. The number of aromatic nitrogens is 2. The molecule has 0 spiro atoms. The first kappa shape index (κ1) is 9.54. The Kier molecular flexibility index (Phi) is 2.74. The zero-order chi connectivity index (χ0) is 9.97. The minimum atomic E-state index is 0.693. The van der Waals surface area contributed by atoms with Crippen LogP contribution in [0.2, 0.25) is 0 Å². The van der Waals surface area contributed by atoms with Gasteiger partial charge >= 0.3 is 0 Å². The molecule has 2 aromatic heterocycles. The monoisotopic (exact) mass is 227 g/mol. The van der Waals surface area contributed by atoms with Crippen molar-refractivity contribution in [1.29, 1.82) is 0 Å². The molecular formula is C8H9N3OS2. The van der Waals surface area contributed by atoms with Gasteiger partial charge in [0.2, 0.25) is 0 Å². The van der Waals surface area contributed by atoms with Crippen LogP contribution in [0, 0.1) is 6.92 Å². The van der Waals surface area contributed by atoms with Crippen LogP contribution in [-0.2, 0) is 5.75 Å². The van der Waals surface area contributed by atoms with E-state index >= 15 is 0 Å². The van der Waals surface area contributed by atoms with E-state index in [1.807, 2.05) is 13.0 Å². The molecule has 0 radical (unpaired) electrons. The highest BCUT2D eigenvalue weighted by Crippen LogP contribution is 2.28. The van der Waals surface area contributed by atoms with Gasteiger partial charge in [0.1, 0.15) is 16.5 Å². The molecule has 0 bridgehead atoms. The first-order valence-corrected chi connectivity index (χ1v) is 5.77. The predicted octanol–water partition coefficient (Wildman–Crippen LogP) is 2.31. The van der Waals surface area contributed by atoms with Gasteiger partial charge in [0, 0.05) is 22.2 Å². The molecule has 0 atom stereocenters. The molecule has 4 nitrogen and oxygen atoms in total. The minimum Gasteiger partial charge on any atom is -0.468 e. The second-order valence-corrected chi connectivity index (χ2v) is 4.52. The Labute approximate surface area is 89.7 Å². The van der Waals surface area contributed by atoms with Crippen LogP contribution in [0.4, 0.5) is 5.00 Å². The van der Waals surface area contributed by atoms with E-state index in [1.165, 1.54) is 11.5 Å². The smallest absolute Gasteiger partial charge is 0.131 e. The van der Waals surface area contributed by atoms with Gasteiger partial charge in [0.15, 0.2) is 0 Å². The maximum atomic E-state index is 5.67. The Morgan fingerprint density at radius 1 is 1.64 bits per heavy atom. The van der Waals surface area contributed by atoms with Crippen LogP contribution in [0.15, 0.2) is 21.6 Å². The number of anilines is 1. The van der Waals surface area contributed by atoms with Crippen molar-refractivity contribution >= 4 is 28.3 Å². The first-order valence-electron chi connectivity index (χ1n) is 4.01. The van der Waals surface area contributed by atoms with Crippen molar-refractivity contribution in [2.45, 2.75) is 17.6 Å². The lowest BCUT2D eigenvalue weighted by molar-refractivity contribution is 0.527. The number of aryl methyl sites for hydroxylation is 1. The summed E-state index contributed by atoms with van der Waals surface area (Å²) in [5, 5.41) is 4.63. The maximum absolute atomic E-state index is 5.67. The normalized spacial score (nSPS) is 10.6. The summed E-state index contributed by atoms with van der Waals surface area (Å²) in [6, 6.07) is 1.94. The third kappa shape index (κ3) is 1.91. The van der Waals surface area contributed by atoms with Gasteiger partial charge in [-0.2, -0.15) is 0 Å². The standard InChI is InChI=1S/C8H9N3OS2/c1-5-7(2-3-12-5)13-4-6-8(9)14-11-10-6/h2-3H,4,9H2,1H3. The van der Waals surface area contributed by atoms with Crippen LogP contribution in [0.5, 0.6) is 0 Å². The highest BCUT2D eigenvalue weighted by Gasteiger charge is 2.07. The fraction of sp³-hybridized carbons (Fsp3) is 0.250. The van der Waals surface area contributed by atoms with Crippen molar-refractivity contribution in [2.24, 2.45) is 0 Å². The Balaban J connectivity index is 2.02. The average molecular weight is 227 g/mol. The molecule has 0 saturated heterocycles. The molecule has 6 heteroatoms. The number of rotatable bonds is 3. The molecule has 2 heterocycles. The van der Waals surface area contributed by atoms with Crippen molar-refractivity contribution in [3.8, 4) is 0 Å². The number of nitrogen functional groups attached to an aromatic ring is 1.